The molecule has 3 heterocycles. The second kappa shape index (κ2) is 8.38. The van der Waals surface area contributed by atoms with E-state index >= 15 is 0 Å². The molecule has 8 heteroatoms. The Morgan fingerprint density at radius 3 is 2.73 bits per heavy atom. The van der Waals surface area contributed by atoms with Gasteiger partial charge in [-0.15, -0.1) is 0 Å². The number of benzene rings is 2. The molecule has 1 unspecified atom stereocenters. The standard InChI is InChI=1S/C25H21FN4O3/c1-2-24(31)28-13-11-18(16-28)30-21-10-12-27-15-22(21)29(25(30)32)17-8-9-23(20(26)14-17)33-19-6-4-3-5-7-19/h2-10,12,14-15,18H,1,11,13,16H2. The fraction of sp³-hybridized carbons (Fsp3) is 0.160. The number of amides is 1. The molecule has 1 atom stereocenters. The quantitative estimate of drug-likeness (QED) is 0.435. The van der Waals surface area contributed by atoms with E-state index in [0.717, 1.165) is 0 Å². The lowest BCUT2D eigenvalue weighted by atomic mass is 10.2. The number of carbonyl (C=O) groups is 1. The molecule has 2 aromatic heterocycles. The van der Waals surface area contributed by atoms with Crippen LogP contribution in [-0.4, -0.2) is 38.0 Å². The summed E-state index contributed by atoms with van der Waals surface area (Å²) in [5.41, 5.74) is 1.30. The summed E-state index contributed by atoms with van der Waals surface area (Å²) in [7, 11) is 0. The van der Waals surface area contributed by atoms with Gasteiger partial charge in [-0.25, -0.2) is 9.18 Å². The van der Waals surface area contributed by atoms with Gasteiger partial charge in [0.1, 0.15) is 5.75 Å². The van der Waals surface area contributed by atoms with Crippen molar-refractivity contribution < 1.29 is 13.9 Å². The maximum Gasteiger partial charge on any atom is 0.334 e. The minimum Gasteiger partial charge on any atom is -0.454 e. The highest BCUT2D eigenvalue weighted by Crippen LogP contribution is 2.29. The molecule has 2 aromatic carbocycles. The minimum absolute atomic E-state index is 0.0641. The van der Waals surface area contributed by atoms with Gasteiger partial charge in [0.2, 0.25) is 5.91 Å². The number of nitrogens with zero attached hydrogens (tertiary/aromatic N) is 4. The van der Waals surface area contributed by atoms with Crippen molar-refractivity contribution in [1.29, 1.82) is 0 Å². The van der Waals surface area contributed by atoms with Gasteiger partial charge in [-0.05, 0) is 42.8 Å². The zero-order valence-corrected chi connectivity index (χ0v) is 17.7. The Bertz CT molecular complexity index is 1410. The lowest BCUT2D eigenvalue weighted by molar-refractivity contribution is -0.125. The number of imidazole rings is 1. The highest BCUT2D eigenvalue weighted by Gasteiger charge is 2.30. The summed E-state index contributed by atoms with van der Waals surface area (Å²) in [4.78, 5) is 31.4. The Kier molecular flexibility index (Phi) is 5.26. The molecule has 1 aliphatic heterocycles. The number of para-hydroxylation sites is 1. The van der Waals surface area contributed by atoms with Gasteiger partial charge in [-0.3, -0.25) is 18.9 Å². The van der Waals surface area contributed by atoms with Gasteiger partial charge in [-0.2, -0.15) is 0 Å². The molecule has 5 rings (SSSR count). The zero-order chi connectivity index (χ0) is 22.9. The Labute approximate surface area is 189 Å². The normalized spacial score (nSPS) is 15.7. The number of pyridine rings is 1. The van der Waals surface area contributed by atoms with Crippen LogP contribution in [-0.2, 0) is 4.79 Å². The molecular weight excluding hydrogens is 423 g/mol. The molecule has 0 radical (unpaired) electrons. The molecule has 0 saturated carbocycles. The fourth-order valence-electron chi connectivity index (χ4n) is 4.28. The molecule has 1 fully saturated rings. The van der Waals surface area contributed by atoms with Crippen molar-refractivity contribution in [2.24, 2.45) is 0 Å². The molecule has 0 N–H and O–H groups in total. The number of hydrogen-bond acceptors (Lipinski definition) is 4. The van der Waals surface area contributed by atoms with Crippen LogP contribution in [0.25, 0.3) is 16.7 Å². The first-order valence-electron chi connectivity index (χ1n) is 10.6. The predicted molar refractivity (Wildman–Crippen MR) is 122 cm³/mol. The van der Waals surface area contributed by atoms with E-state index in [1.165, 1.54) is 22.8 Å². The number of halogens is 1. The van der Waals surface area contributed by atoms with E-state index in [4.69, 9.17) is 4.74 Å². The summed E-state index contributed by atoms with van der Waals surface area (Å²) in [6, 6.07) is 14.9. The lowest BCUT2D eigenvalue weighted by Gasteiger charge is -2.15. The summed E-state index contributed by atoms with van der Waals surface area (Å²) >= 11 is 0. The van der Waals surface area contributed by atoms with E-state index in [9.17, 15) is 14.0 Å². The molecule has 0 aliphatic carbocycles. The number of fused-ring (bicyclic) bond motifs is 1. The van der Waals surface area contributed by atoms with Crippen LogP contribution in [0.15, 0.2) is 84.4 Å². The van der Waals surface area contributed by atoms with Crippen LogP contribution >= 0.6 is 0 Å². The van der Waals surface area contributed by atoms with Crippen LogP contribution in [0.1, 0.15) is 12.5 Å². The Balaban J connectivity index is 1.55. The van der Waals surface area contributed by atoms with Crippen LogP contribution in [0.4, 0.5) is 4.39 Å². The van der Waals surface area contributed by atoms with Crippen molar-refractivity contribution in [2.45, 2.75) is 12.5 Å². The van der Waals surface area contributed by atoms with Crippen molar-refractivity contribution in [3.05, 3.63) is 95.9 Å². The molecule has 0 bridgehead atoms. The smallest absolute Gasteiger partial charge is 0.334 e. The van der Waals surface area contributed by atoms with E-state index in [1.807, 2.05) is 6.07 Å². The molecular formula is C25H21FN4O3. The van der Waals surface area contributed by atoms with E-state index in [-0.39, 0.29) is 23.4 Å². The van der Waals surface area contributed by atoms with Crippen molar-refractivity contribution in [3.63, 3.8) is 0 Å². The Morgan fingerprint density at radius 1 is 1.15 bits per heavy atom. The van der Waals surface area contributed by atoms with Gasteiger partial charge in [0, 0.05) is 25.4 Å². The molecule has 7 nitrogen and oxygen atoms in total. The van der Waals surface area contributed by atoms with Gasteiger partial charge in [-0.1, -0.05) is 24.8 Å². The van der Waals surface area contributed by atoms with Crippen LogP contribution in [0.3, 0.4) is 0 Å². The summed E-state index contributed by atoms with van der Waals surface area (Å²) in [6.07, 6.45) is 5.11. The average molecular weight is 444 g/mol. The minimum atomic E-state index is -0.586. The SMILES string of the molecule is C=CC(=O)N1CCC(n2c(=O)n(-c3ccc(Oc4ccccc4)c(F)c3)c3cnccc32)C1. The van der Waals surface area contributed by atoms with E-state index in [1.54, 1.807) is 58.3 Å². The number of ether oxygens (including phenoxy) is 1. The highest BCUT2D eigenvalue weighted by atomic mass is 19.1. The van der Waals surface area contributed by atoms with Gasteiger partial charge in [0.05, 0.1) is 29.0 Å². The summed E-state index contributed by atoms with van der Waals surface area (Å²) in [6.45, 7) is 4.49. The van der Waals surface area contributed by atoms with Crippen molar-refractivity contribution in [1.82, 2.24) is 19.0 Å². The van der Waals surface area contributed by atoms with E-state index in [0.29, 0.717) is 42.0 Å². The van der Waals surface area contributed by atoms with Crippen molar-refractivity contribution >= 4 is 16.9 Å². The number of carbonyl (C=O) groups excluding carboxylic acids is 1. The third-order valence-corrected chi connectivity index (χ3v) is 5.84. The highest BCUT2D eigenvalue weighted by molar-refractivity contribution is 5.87. The van der Waals surface area contributed by atoms with Crippen molar-refractivity contribution in [3.8, 4) is 17.2 Å². The Morgan fingerprint density at radius 2 is 1.97 bits per heavy atom. The number of rotatable bonds is 5. The summed E-state index contributed by atoms with van der Waals surface area (Å²) < 4.78 is 23.7. The molecule has 1 saturated heterocycles. The fourth-order valence-corrected chi connectivity index (χ4v) is 4.28. The van der Waals surface area contributed by atoms with Gasteiger partial charge < -0.3 is 9.64 Å². The maximum atomic E-state index is 14.9. The second-order valence-corrected chi connectivity index (χ2v) is 7.81. The lowest BCUT2D eigenvalue weighted by Crippen LogP contribution is -2.31. The van der Waals surface area contributed by atoms with Gasteiger partial charge >= 0.3 is 5.69 Å². The largest absolute Gasteiger partial charge is 0.454 e. The van der Waals surface area contributed by atoms with Gasteiger partial charge in [0.15, 0.2) is 11.6 Å². The topological polar surface area (TPSA) is 69.4 Å². The first-order valence-corrected chi connectivity index (χ1v) is 10.6. The first kappa shape index (κ1) is 20.7. The van der Waals surface area contributed by atoms with Crippen molar-refractivity contribution in [2.75, 3.05) is 13.1 Å². The van der Waals surface area contributed by atoms with Gasteiger partial charge in [0.25, 0.3) is 0 Å². The van der Waals surface area contributed by atoms with Crippen LogP contribution in [0, 0.1) is 5.82 Å². The number of hydrogen-bond donors (Lipinski definition) is 0. The summed E-state index contributed by atoms with van der Waals surface area (Å²) in [5.74, 6) is -0.167. The molecule has 1 aliphatic rings. The van der Waals surface area contributed by atoms with Crippen LogP contribution in [0.2, 0.25) is 0 Å². The van der Waals surface area contributed by atoms with E-state index in [2.05, 4.69) is 11.6 Å². The maximum absolute atomic E-state index is 14.9. The summed E-state index contributed by atoms with van der Waals surface area (Å²) in [5, 5.41) is 0. The average Bonchev–Trinajstić information content (AvgIpc) is 3.42. The molecule has 0 spiro atoms. The molecule has 1 amide bonds. The van der Waals surface area contributed by atoms with E-state index < -0.39 is 5.82 Å². The first-order chi connectivity index (χ1) is 16.1. The second-order valence-electron chi connectivity index (χ2n) is 7.81. The van der Waals surface area contributed by atoms with Crippen LogP contribution in [0.5, 0.6) is 11.5 Å². The third kappa shape index (κ3) is 3.69. The number of aromatic nitrogens is 3. The van der Waals surface area contributed by atoms with Crippen LogP contribution < -0.4 is 10.4 Å². The Hall–Kier alpha value is -4.20. The molecule has 166 valence electrons. The molecule has 33 heavy (non-hydrogen) atoms. The number of likely N-dealkylation sites (tertiary alicyclic amines) is 1. The molecule has 4 aromatic rings. The zero-order valence-electron chi connectivity index (χ0n) is 17.7. The third-order valence-electron chi connectivity index (χ3n) is 5.84. The predicted octanol–water partition coefficient (Wildman–Crippen LogP) is 4.08. The monoisotopic (exact) mass is 444 g/mol.